The first-order valence-electron chi connectivity index (χ1n) is 11.9. The number of pyridine rings is 1. The molecule has 198 valence electrons. The molecule has 0 radical (unpaired) electrons. The third-order valence-corrected chi connectivity index (χ3v) is 8.74. The van der Waals surface area contributed by atoms with E-state index < -0.39 is 33.9 Å². The summed E-state index contributed by atoms with van der Waals surface area (Å²) in [5.41, 5.74) is 0. The van der Waals surface area contributed by atoms with E-state index in [1.807, 2.05) is 0 Å². The lowest BCUT2D eigenvalue weighted by Gasteiger charge is -2.46. The van der Waals surface area contributed by atoms with Crippen molar-refractivity contribution in [1.82, 2.24) is 19.1 Å². The summed E-state index contributed by atoms with van der Waals surface area (Å²) >= 11 is 0. The van der Waals surface area contributed by atoms with Crippen LogP contribution in [0.5, 0.6) is 11.6 Å². The van der Waals surface area contributed by atoms with E-state index in [1.54, 1.807) is 9.80 Å². The molecule has 4 heterocycles. The third kappa shape index (κ3) is 4.86. The van der Waals surface area contributed by atoms with Crippen molar-refractivity contribution < 1.29 is 36.6 Å². The third-order valence-electron chi connectivity index (χ3n) is 6.91. The number of fused-ring (bicyclic) bond motifs is 2. The number of carbonyl (C=O) groups excluding carboxylic acids is 2. The topological polar surface area (TPSA) is 119 Å². The summed E-state index contributed by atoms with van der Waals surface area (Å²) in [4.78, 5) is 33.5. The molecule has 3 saturated heterocycles. The van der Waals surface area contributed by atoms with Crippen molar-refractivity contribution in [3.63, 3.8) is 0 Å². The van der Waals surface area contributed by atoms with E-state index in [0.29, 0.717) is 44.9 Å². The van der Waals surface area contributed by atoms with Crippen LogP contribution < -0.4 is 4.74 Å². The lowest BCUT2D eigenvalue weighted by molar-refractivity contribution is -0.148. The number of amides is 2. The molecular formula is C24H27FN4O7S. The Morgan fingerprint density at radius 2 is 1.81 bits per heavy atom. The van der Waals surface area contributed by atoms with Gasteiger partial charge in [-0.2, -0.15) is 4.31 Å². The highest BCUT2D eigenvalue weighted by atomic mass is 32.2. The van der Waals surface area contributed by atoms with Gasteiger partial charge in [0.15, 0.2) is 0 Å². The molecule has 37 heavy (non-hydrogen) atoms. The van der Waals surface area contributed by atoms with Crippen molar-refractivity contribution in [2.75, 3.05) is 40.0 Å². The summed E-state index contributed by atoms with van der Waals surface area (Å²) < 4.78 is 57.5. The minimum absolute atomic E-state index is 0.0392. The molecule has 11 nitrogen and oxygen atoms in total. The zero-order valence-corrected chi connectivity index (χ0v) is 21.0. The smallest absolute Gasteiger partial charge is 0.326 e. The Balaban J connectivity index is 1.39. The van der Waals surface area contributed by atoms with E-state index in [-0.39, 0.29) is 29.4 Å². The number of rotatable bonds is 5. The molecule has 1 aromatic carbocycles. The number of halogens is 1. The van der Waals surface area contributed by atoms with Crippen LogP contribution >= 0.6 is 0 Å². The second-order valence-corrected chi connectivity index (χ2v) is 10.9. The van der Waals surface area contributed by atoms with Crippen LogP contribution in [0.15, 0.2) is 47.5 Å². The highest BCUT2D eigenvalue weighted by Crippen LogP contribution is 2.38. The van der Waals surface area contributed by atoms with Crippen molar-refractivity contribution in [3.8, 4) is 11.6 Å². The van der Waals surface area contributed by atoms with Gasteiger partial charge >= 0.3 is 12.0 Å². The van der Waals surface area contributed by atoms with E-state index >= 15 is 0 Å². The highest BCUT2D eigenvalue weighted by Gasteiger charge is 2.55. The number of aromatic nitrogens is 1. The molecule has 0 N–H and O–H groups in total. The molecule has 3 aliphatic rings. The van der Waals surface area contributed by atoms with Gasteiger partial charge in [-0.1, -0.05) is 0 Å². The van der Waals surface area contributed by atoms with Crippen LogP contribution in [-0.2, 0) is 24.3 Å². The van der Waals surface area contributed by atoms with Gasteiger partial charge in [-0.15, -0.1) is 0 Å². The van der Waals surface area contributed by atoms with E-state index in [0.717, 1.165) is 10.5 Å². The molecule has 5 rings (SSSR count). The fourth-order valence-electron chi connectivity index (χ4n) is 5.11. The van der Waals surface area contributed by atoms with Crippen LogP contribution in [0.3, 0.4) is 0 Å². The molecule has 3 fully saturated rings. The van der Waals surface area contributed by atoms with E-state index in [4.69, 9.17) is 14.2 Å². The number of morpholine rings is 1. The lowest BCUT2D eigenvalue weighted by Crippen LogP contribution is -2.67. The van der Waals surface area contributed by atoms with Gasteiger partial charge in [-0.05, 0) is 43.2 Å². The number of benzene rings is 1. The number of sulfonamides is 1. The maximum Gasteiger partial charge on any atom is 0.326 e. The Bertz CT molecular complexity index is 1250. The largest absolute Gasteiger partial charge is 0.468 e. The maximum absolute atomic E-state index is 13.7. The van der Waals surface area contributed by atoms with Gasteiger partial charge in [0, 0.05) is 31.7 Å². The number of urea groups is 1. The molecule has 0 saturated carbocycles. The predicted molar refractivity (Wildman–Crippen MR) is 127 cm³/mol. The minimum atomic E-state index is -4.17. The standard InChI is InChI=1S/C24H27FN4O7S/c1-34-23(30)22-20-8-4-17(29(20)24(31)27-10-12-35-13-11-27)15-28(22)37(32,33)19-7-9-21(26-14-19)36-18-5-2-16(25)3-6-18/h2-3,5-7,9,14,17,20,22H,4,8,10-13,15H2,1H3/t17-,20+,22+/m1/s1. The molecule has 13 heteroatoms. The van der Waals surface area contributed by atoms with Crippen molar-refractivity contribution in [2.24, 2.45) is 0 Å². The fraction of sp³-hybridized carbons (Fsp3) is 0.458. The van der Waals surface area contributed by atoms with E-state index in [2.05, 4.69) is 4.98 Å². The van der Waals surface area contributed by atoms with Gasteiger partial charge in [0.05, 0.1) is 32.6 Å². The van der Waals surface area contributed by atoms with Gasteiger partial charge in [0.25, 0.3) is 0 Å². The molecule has 0 unspecified atom stereocenters. The van der Waals surface area contributed by atoms with Crippen LogP contribution in [0, 0.1) is 5.82 Å². The average Bonchev–Trinajstić information content (AvgIpc) is 3.22. The number of hydrogen-bond acceptors (Lipinski definition) is 8. The van der Waals surface area contributed by atoms with Gasteiger partial charge in [-0.25, -0.2) is 22.6 Å². The number of esters is 1. The van der Waals surface area contributed by atoms with Crippen molar-refractivity contribution >= 4 is 22.0 Å². The zero-order valence-electron chi connectivity index (χ0n) is 20.2. The fourth-order valence-corrected chi connectivity index (χ4v) is 6.70. The Labute approximate surface area is 213 Å². The summed E-state index contributed by atoms with van der Waals surface area (Å²) in [6.45, 7) is 1.71. The molecule has 1 aromatic heterocycles. The second kappa shape index (κ2) is 10.2. The van der Waals surface area contributed by atoms with Crippen molar-refractivity contribution in [3.05, 3.63) is 48.4 Å². The SMILES string of the molecule is COC(=O)[C@@H]1[C@@H]2CC[C@H](CN1S(=O)(=O)c1ccc(Oc3ccc(F)cc3)nc1)N2C(=O)N1CCOCC1. The first-order chi connectivity index (χ1) is 17.8. The van der Waals surface area contributed by atoms with Gasteiger partial charge < -0.3 is 24.0 Å². The number of piperazine rings is 1. The molecule has 2 aromatic rings. The lowest BCUT2D eigenvalue weighted by atomic mass is 10.1. The Morgan fingerprint density at radius 1 is 1.08 bits per heavy atom. The van der Waals surface area contributed by atoms with E-state index in [1.165, 1.54) is 43.5 Å². The Hall–Kier alpha value is -3.29. The first-order valence-corrected chi connectivity index (χ1v) is 13.4. The normalized spacial score (nSPS) is 24.1. The van der Waals surface area contributed by atoms with Crippen molar-refractivity contribution in [1.29, 1.82) is 0 Å². The van der Waals surface area contributed by atoms with Crippen LogP contribution in [-0.4, -0.2) is 97.6 Å². The predicted octanol–water partition coefficient (Wildman–Crippen LogP) is 1.84. The number of hydrogen-bond donors (Lipinski definition) is 0. The summed E-state index contributed by atoms with van der Waals surface area (Å²) in [5, 5.41) is 0. The summed E-state index contributed by atoms with van der Waals surface area (Å²) in [5.74, 6) is -0.676. The van der Waals surface area contributed by atoms with Gasteiger partial charge in [-0.3, -0.25) is 4.79 Å². The van der Waals surface area contributed by atoms with Gasteiger partial charge in [0.1, 0.15) is 22.5 Å². The zero-order chi connectivity index (χ0) is 26.2. The Kier molecular flexibility index (Phi) is 7.01. The number of methoxy groups -OCH3 is 1. The van der Waals surface area contributed by atoms with Crippen molar-refractivity contribution in [2.45, 2.75) is 35.9 Å². The summed E-state index contributed by atoms with van der Waals surface area (Å²) in [6.07, 6.45) is 2.20. The molecule has 2 amide bonds. The maximum atomic E-state index is 13.7. The molecule has 0 spiro atoms. The average molecular weight is 535 g/mol. The Morgan fingerprint density at radius 3 is 2.46 bits per heavy atom. The molecule has 3 atom stereocenters. The summed E-state index contributed by atoms with van der Waals surface area (Å²) in [6, 6.07) is 5.62. The summed E-state index contributed by atoms with van der Waals surface area (Å²) in [7, 11) is -2.97. The van der Waals surface area contributed by atoms with Crippen LogP contribution in [0.4, 0.5) is 9.18 Å². The monoisotopic (exact) mass is 534 g/mol. The van der Waals surface area contributed by atoms with Crippen LogP contribution in [0.2, 0.25) is 0 Å². The molecule has 2 bridgehead atoms. The number of carbonyl (C=O) groups is 2. The molecular weight excluding hydrogens is 507 g/mol. The molecule has 0 aliphatic carbocycles. The van der Waals surface area contributed by atoms with Gasteiger partial charge in [0.2, 0.25) is 15.9 Å². The van der Waals surface area contributed by atoms with Crippen LogP contribution in [0.25, 0.3) is 0 Å². The number of ether oxygens (including phenoxy) is 3. The minimum Gasteiger partial charge on any atom is -0.468 e. The number of nitrogens with zero attached hydrogens (tertiary/aromatic N) is 4. The first kappa shape index (κ1) is 25.4. The van der Waals surface area contributed by atoms with E-state index in [9.17, 15) is 22.4 Å². The highest BCUT2D eigenvalue weighted by molar-refractivity contribution is 7.89. The second-order valence-electron chi connectivity index (χ2n) is 9.02. The van der Waals surface area contributed by atoms with Crippen LogP contribution in [0.1, 0.15) is 12.8 Å². The molecule has 3 aliphatic heterocycles. The quantitative estimate of drug-likeness (QED) is 0.534.